The highest BCUT2D eigenvalue weighted by Gasteiger charge is 2.74. The van der Waals surface area contributed by atoms with Gasteiger partial charge in [0.15, 0.2) is 0 Å². The van der Waals surface area contributed by atoms with Gasteiger partial charge in [-0.3, -0.25) is 14.4 Å². The summed E-state index contributed by atoms with van der Waals surface area (Å²) in [5.74, 6) is -2.18. The summed E-state index contributed by atoms with van der Waals surface area (Å²) in [6, 6.07) is 5.71. The van der Waals surface area contributed by atoms with Crippen molar-refractivity contribution in [3.8, 4) is 0 Å². The number of rotatable bonds is 12. The molecule has 0 aliphatic carbocycles. The van der Waals surface area contributed by atoms with E-state index in [1.54, 1.807) is 58.0 Å². The number of unbranched alkanes of at least 4 members (excludes halogenated alkanes) is 1. The number of hydrogen-bond donors (Lipinski definition) is 1. The first kappa shape index (κ1) is 27.7. The number of carbonyl (C=O) groups excluding carboxylic acids is 3. The lowest BCUT2D eigenvalue weighted by Crippen LogP contribution is -2.57. The highest BCUT2D eigenvalue weighted by molar-refractivity contribution is 8.02. The molecule has 1 aromatic rings. The number of likely N-dealkylation sites (tertiary alicyclic amines) is 1. The molecule has 2 amide bonds. The number of esters is 1. The van der Waals surface area contributed by atoms with Gasteiger partial charge in [0.05, 0.1) is 46.5 Å². The Hall–Kier alpha value is -2.29. The van der Waals surface area contributed by atoms with Gasteiger partial charge in [-0.05, 0) is 44.2 Å². The minimum absolute atomic E-state index is 0.0827. The third-order valence-corrected chi connectivity index (χ3v) is 10.1. The molecule has 3 fully saturated rings. The van der Waals surface area contributed by atoms with E-state index in [-0.39, 0.29) is 42.8 Å². The molecule has 200 valence electrons. The number of aliphatic hydroxyl groups is 1. The fraction of sp³-hybridized carbons (Fsp3) is 0.536. The maximum atomic E-state index is 14.4. The minimum Gasteiger partial charge on any atom is -0.465 e. The van der Waals surface area contributed by atoms with Crippen molar-refractivity contribution in [3.63, 3.8) is 0 Å². The molecule has 7 nitrogen and oxygen atoms in total. The average molecular weight is 547 g/mol. The number of hydrogen-bond acceptors (Lipinski definition) is 6. The van der Waals surface area contributed by atoms with Gasteiger partial charge in [-0.25, -0.2) is 0 Å². The Labute approximate surface area is 227 Å². The molecule has 3 saturated heterocycles. The maximum absolute atomic E-state index is 14.4. The zero-order chi connectivity index (χ0) is 26.7. The van der Waals surface area contributed by atoms with Gasteiger partial charge < -0.3 is 19.6 Å². The van der Waals surface area contributed by atoms with Crippen molar-refractivity contribution < 1.29 is 24.2 Å². The molecule has 4 rings (SSSR count). The third-order valence-electron chi connectivity index (χ3n) is 7.84. The van der Waals surface area contributed by atoms with Gasteiger partial charge in [0, 0.05) is 11.8 Å². The fourth-order valence-corrected chi connectivity index (χ4v) is 8.62. The maximum Gasteiger partial charge on any atom is 0.310 e. The predicted molar refractivity (Wildman–Crippen MR) is 147 cm³/mol. The van der Waals surface area contributed by atoms with Gasteiger partial charge >= 0.3 is 5.97 Å². The van der Waals surface area contributed by atoms with E-state index in [1.165, 1.54) is 0 Å². The van der Waals surface area contributed by atoms with Crippen LogP contribution >= 0.6 is 23.4 Å². The van der Waals surface area contributed by atoms with Gasteiger partial charge in [-0.15, -0.1) is 24.9 Å². The van der Waals surface area contributed by atoms with E-state index in [9.17, 15) is 19.5 Å². The van der Waals surface area contributed by atoms with Crippen LogP contribution in [-0.2, 0) is 19.1 Å². The Balaban J connectivity index is 1.74. The molecule has 6 atom stereocenters. The zero-order valence-corrected chi connectivity index (χ0v) is 22.8. The van der Waals surface area contributed by atoms with E-state index < -0.39 is 28.7 Å². The van der Waals surface area contributed by atoms with Crippen LogP contribution in [0.4, 0.5) is 5.69 Å². The van der Waals surface area contributed by atoms with Crippen LogP contribution in [0.15, 0.2) is 49.6 Å². The Morgan fingerprint density at radius 2 is 2.11 bits per heavy atom. The number of halogens is 1. The van der Waals surface area contributed by atoms with Crippen LogP contribution in [0, 0.1) is 11.8 Å². The molecule has 3 aliphatic rings. The lowest BCUT2D eigenvalue weighted by molar-refractivity contribution is -0.154. The largest absolute Gasteiger partial charge is 0.465 e. The summed E-state index contributed by atoms with van der Waals surface area (Å²) in [4.78, 5) is 44.9. The van der Waals surface area contributed by atoms with Gasteiger partial charge in [0.1, 0.15) is 6.04 Å². The number of ether oxygens (including phenoxy) is 1. The van der Waals surface area contributed by atoms with Gasteiger partial charge in [0.2, 0.25) is 5.91 Å². The second kappa shape index (κ2) is 11.6. The lowest BCUT2D eigenvalue weighted by atomic mass is 9.71. The summed E-state index contributed by atoms with van der Waals surface area (Å²) >= 11 is 8.07. The number of nitrogens with zero attached hydrogens (tertiary/aromatic N) is 2. The fourth-order valence-electron chi connectivity index (χ4n) is 6.20. The number of carbonyl (C=O) groups is 3. The van der Waals surface area contributed by atoms with Crippen molar-refractivity contribution in [2.75, 3.05) is 24.7 Å². The van der Waals surface area contributed by atoms with Crippen molar-refractivity contribution in [2.24, 2.45) is 11.8 Å². The molecule has 2 unspecified atom stereocenters. The summed E-state index contributed by atoms with van der Waals surface area (Å²) in [6.07, 6.45) is 6.66. The number of amides is 2. The van der Waals surface area contributed by atoms with Crippen molar-refractivity contribution in [3.05, 3.63) is 54.6 Å². The number of aliphatic hydroxyl groups excluding tert-OH is 1. The second-order valence-corrected chi connectivity index (χ2v) is 11.8. The van der Waals surface area contributed by atoms with Crippen LogP contribution in [0.1, 0.15) is 39.0 Å². The zero-order valence-electron chi connectivity index (χ0n) is 21.2. The molecule has 37 heavy (non-hydrogen) atoms. The third kappa shape index (κ3) is 4.72. The van der Waals surface area contributed by atoms with Crippen LogP contribution < -0.4 is 4.90 Å². The summed E-state index contributed by atoms with van der Waals surface area (Å²) in [7, 11) is 0. The predicted octanol–water partition coefficient (Wildman–Crippen LogP) is 4.23. The molecular formula is C28H35ClN2O5S. The van der Waals surface area contributed by atoms with Gasteiger partial charge in [-0.1, -0.05) is 42.8 Å². The minimum atomic E-state index is -0.841. The molecule has 1 aromatic carbocycles. The number of thioether (sulfide) groups is 1. The van der Waals surface area contributed by atoms with Crippen molar-refractivity contribution in [2.45, 2.75) is 61.1 Å². The highest BCUT2D eigenvalue weighted by Crippen LogP contribution is 2.67. The van der Waals surface area contributed by atoms with E-state index in [0.29, 0.717) is 30.0 Å². The van der Waals surface area contributed by atoms with Crippen molar-refractivity contribution >= 4 is 46.8 Å². The first-order valence-electron chi connectivity index (χ1n) is 12.9. The Kier molecular flexibility index (Phi) is 8.71. The summed E-state index contributed by atoms with van der Waals surface area (Å²) in [5, 5.41) is 10.6. The van der Waals surface area contributed by atoms with Gasteiger partial charge in [-0.2, -0.15) is 0 Å². The quantitative estimate of drug-likeness (QED) is 0.240. The monoisotopic (exact) mass is 546 g/mol. The van der Waals surface area contributed by atoms with E-state index in [2.05, 4.69) is 13.2 Å². The Bertz CT molecular complexity index is 1060. The SMILES string of the molecule is C=CCCCOC(=O)[C@@H]1[C@@H]2CCC3(S2)C(C(=O)N(CC=C)c2ccccc2Cl)N([C@@H](CC)CO)C(=O)[C@H]13. The molecular weight excluding hydrogens is 512 g/mol. The normalized spacial score (nSPS) is 28.6. The number of allylic oxidation sites excluding steroid dienone is 1. The molecule has 9 heteroatoms. The van der Waals surface area contributed by atoms with E-state index in [0.717, 1.165) is 12.8 Å². The summed E-state index contributed by atoms with van der Waals surface area (Å²) in [6.45, 7) is 9.61. The number of fused-ring (bicyclic) bond motifs is 1. The second-order valence-electron chi connectivity index (χ2n) is 9.83. The van der Waals surface area contributed by atoms with Crippen LogP contribution in [0.5, 0.6) is 0 Å². The number of benzene rings is 1. The smallest absolute Gasteiger partial charge is 0.310 e. The van der Waals surface area contributed by atoms with Gasteiger partial charge in [0.25, 0.3) is 5.91 Å². The molecule has 0 radical (unpaired) electrons. The molecule has 3 heterocycles. The molecule has 1 N–H and O–H groups in total. The highest BCUT2D eigenvalue weighted by atomic mass is 35.5. The molecule has 0 saturated carbocycles. The molecule has 3 aliphatic heterocycles. The van der Waals surface area contributed by atoms with Crippen molar-refractivity contribution in [1.82, 2.24) is 4.90 Å². The van der Waals surface area contributed by atoms with E-state index in [4.69, 9.17) is 16.3 Å². The number of anilines is 1. The molecule has 1 spiro atoms. The molecule has 0 aromatic heterocycles. The lowest BCUT2D eigenvalue weighted by Gasteiger charge is -2.39. The topological polar surface area (TPSA) is 87.2 Å². The van der Waals surface area contributed by atoms with Crippen LogP contribution in [0.25, 0.3) is 0 Å². The first-order valence-corrected chi connectivity index (χ1v) is 14.2. The Morgan fingerprint density at radius 3 is 2.76 bits per heavy atom. The summed E-state index contributed by atoms with van der Waals surface area (Å²) < 4.78 is 4.83. The first-order chi connectivity index (χ1) is 17.9. The summed E-state index contributed by atoms with van der Waals surface area (Å²) in [5.41, 5.74) is 0.536. The number of para-hydroxylation sites is 1. The standard InChI is InChI=1S/C28H35ClN2O5S/c1-4-7-10-16-36-27(35)22-21-13-14-28(37-21)23(22)25(33)31(18(6-3)17-32)24(28)26(34)30(15-5-2)20-12-9-8-11-19(20)29/h4-5,8-9,11-12,18,21-24,32H,1-2,6-7,10,13-17H2,3H3/t18-,21-,22+,23-,24?,28?/m0/s1. The van der Waals surface area contributed by atoms with Crippen LogP contribution in [0.2, 0.25) is 5.02 Å². The van der Waals surface area contributed by atoms with Crippen LogP contribution in [-0.4, -0.2) is 69.6 Å². The molecule has 2 bridgehead atoms. The van der Waals surface area contributed by atoms with Crippen LogP contribution in [0.3, 0.4) is 0 Å². The van der Waals surface area contributed by atoms with E-state index in [1.807, 2.05) is 6.92 Å². The Morgan fingerprint density at radius 1 is 1.35 bits per heavy atom. The van der Waals surface area contributed by atoms with Crippen molar-refractivity contribution in [1.29, 1.82) is 0 Å². The average Bonchev–Trinajstić information content (AvgIpc) is 3.54. The van der Waals surface area contributed by atoms with E-state index >= 15 is 0 Å².